The van der Waals surface area contributed by atoms with Gasteiger partial charge in [-0.2, -0.15) is 0 Å². The molecule has 0 aliphatic rings. The molecule has 9 heteroatoms. The van der Waals surface area contributed by atoms with Crippen molar-refractivity contribution in [3.05, 3.63) is 64.1 Å². The van der Waals surface area contributed by atoms with Gasteiger partial charge in [-0.1, -0.05) is 29.3 Å². The van der Waals surface area contributed by atoms with Gasteiger partial charge < -0.3 is 14.8 Å². The Balaban J connectivity index is 1.75. The number of halogens is 2. The molecule has 0 spiro atoms. The van der Waals surface area contributed by atoms with Crippen LogP contribution in [0.5, 0.6) is 5.75 Å². The van der Waals surface area contributed by atoms with E-state index in [0.29, 0.717) is 27.0 Å². The van der Waals surface area contributed by atoms with Crippen LogP contribution in [0.1, 0.15) is 5.56 Å². The van der Waals surface area contributed by atoms with Gasteiger partial charge in [0.2, 0.25) is 0 Å². The minimum Gasteiger partial charge on any atom is -0.497 e. The summed E-state index contributed by atoms with van der Waals surface area (Å²) in [4.78, 5) is 35.1. The first-order chi connectivity index (χ1) is 13.4. The summed E-state index contributed by atoms with van der Waals surface area (Å²) in [5.74, 6) is -0.901. The van der Waals surface area contributed by atoms with Gasteiger partial charge in [-0.3, -0.25) is 10.1 Å². The molecule has 2 aromatic rings. The fourth-order valence-corrected chi connectivity index (χ4v) is 2.27. The number of hydrogen-bond acceptors (Lipinski definition) is 5. The van der Waals surface area contributed by atoms with Crippen LogP contribution in [0.2, 0.25) is 10.0 Å². The SMILES string of the molecule is COc1ccc(NC(=O)NC(=O)COC(=O)/C=C/c2ccc(Cl)c(Cl)c2)cc1. The van der Waals surface area contributed by atoms with Crippen molar-refractivity contribution < 1.29 is 23.9 Å². The van der Waals surface area contributed by atoms with E-state index in [2.05, 4.69) is 5.32 Å². The molecule has 0 saturated carbocycles. The fraction of sp³-hybridized carbons (Fsp3) is 0.105. The summed E-state index contributed by atoms with van der Waals surface area (Å²) in [6.07, 6.45) is 2.59. The molecule has 146 valence electrons. The molecule has 0 heterocycles. The van der Waals surface area contributed by atoms with E-state index in [4.69, 9.17) is 32.7 Å². The zero-order valence-corrected chi connectivity index (χ0v) is 16.2. The molecule has 28 heavy (non-hydrogen) atoms. The summed E-state index contributed by atoms with van der Waals surface area (Å²) in [6, 6.07) is 10.6. The van der Waals surface area contributed by atoms with Crippen molar-refractivity contribution in [1.82, 2.24) is 5.32 Å². The minimum atomic E-state index is -0.776. The molecule has 2 aromatic carbocycles. The number of hydrogen-bond donors (Lipinski definition) is 2. The number of carbonyl (C=O) groups excluding carboxylic acids is 3. The number of urea groups is 1. The highest BCUT2D eigenvalue weighted by atomic mass is 35.5. The molecule has 2 N–H and O–H groups in total. The lowest BCUT2D eigenvalue weighted by molar-refractivity contribution is -0.143. The lowest BCUT2D eigenvalue weighted by Crippen LogP contribution is -2.37. The summed E-state index contributed by atoms with van der Waals surface area (Å²) in [5.41, 5.74) is 1.10. The van der Waals surface area contributed by atoms with Crippen molar-refractivity contribution in [2.75, 3.05) is 19.0 Å². The van der Waals surface area contributed by atoms with Gasteiger partial charge in [0.05, 0.1) is 17.2 Å². The Bertz CT molecular complexity index is 898. The van der Waals surface area contributed by atoms with Crippen molar-refractivity contribution >= 4 is 52.9 Å². The van der Waals surface area contributed by atoms with Gasteiger partial charge in [0.1, 0.15) is 5.75 Å². The Morgan fingerprint density at radius 2 is 1.75 bits per heavy atom. The molecular formula is C19H16Cl2N2O5. The van der Waals surface area contributed by atoms with Crippen LogP contribution in [0.3, 0.4) is 0 Å². The van der Waals surface area contributed by atoms with Gasteiger partial charge in [-0.05, 0) is 48.0 Å². The van der Waals surface area contributed by atoms with Crippen LogP contribution in [0.25, 0.3) is 6.08 Å². The fourth-order valence-electron chi connectivity index (χ4n) is 1.96. The van der Waals surface area contributed by atoms with Crippen molar-refractivity contribution in [1.29, 1.82) is 0 Å². The maximum absolute atomic E-state index is 11.7. The van der Waals surface area contributed by atoms with Crippen molar-refractivity contribution in [2.24, 2.45) is 0 Å². The summed E-state index contributed by atoms with van der Waals surface area (Å²) < 4.78 is 9.77. The Morgan fingerprint density at radius 1 is 1.04 bits per heavy atom. The van der Waals surface area contributed by atoms with E-state index in [1.54, 1.807) is 42.5 Å². The number of amides is 3. The van der Waals surface area contributed by atoms with Crippen molar-refractivity contribution in [3.8, 4) is 5.75 Å². The standard InChI is InChI=1S/C19H16Cl2N2O5/c1-27-14-6-4-13(5-7-14)22-19(26)23-17(24)11-28-18(25)9-3-12-2-8-15(20)16(21)10-12/h2-10H,11H2,1H3,(H2,22,23,24,26)/b9-3+. The number of ether oxygens (including phenoxy) is 2. The third-order valence-electron chi connectivity index (χ3n) is 3.30. The van der Waals surface area contributed by atoms with Crippen LogP contribution < -0.4 is 15.4 Å². The third-order valence-corrected chi connectivity index (χ3v) is 4.04. The maximum atomic E-state index is 11.7. The largest absolute Gasteiger partial charge is 0.497 e. The highest BCUT2D eigenvalue weighted by Gasteiger charge is 2.10. The first kappa shape index (κ1) is 21.3. The number of anilines is 1. The molecule has 0 unspecified atom stereocenters. The van der Waals surface area contributed by atoms with Gasteiger partial charge in [0.25, 0.3) is 5.91 Å². The quantitative estimate of drug-likeness (QED) is 0.543. The summed E-state index contributed by atoms with van der Waals surface area (Å²) in [5, 5.41) is 5.25. The molecule has 0 aliphatic carbocycles. The number of nitrogens with one attached hydrogen (secondary N) is 2. The minimum absolute atomic E-state index is 0.347. The highest BCUT2D eigenvalue weighted by molar-refractivity contribution is 6.42. The number of esters is 1. The van der Waals surface area contributed by atoms with Crippen LogP contribution >= 0.6 is 23.2 Å². The average Bonchev–Trinajstić information content (AvgIpc) is 2.67. The number of carbonyl (C=O) groups is 3. The predicted molar refractivity (Wildman–Crippen MR) is 107 cm³/mol. The topological polar surface area (TPSA) is 93.7 Å². The van der Waals surface area contributed by atoms with Crippen LogP contribution in [-0.2, 0) is 14.3 Å². The first-order valence-electron chi connectivity index (χ1n) is 7.92. The van der Waals surface area contributed by atoms with Gasteiger partial charge in [-0.25, -0.2) is 9.59 Å². The summed E-state index contributed by atoms with van der Waals surface area (Å²) in [7, 11) is 1.52. The molecule has 0 aromatic heterocycles. The van der Waals surface area contributed by atoms with Crippen LogP contribution in [0, 0.1) is 0 Å². The van der Waals surface area contributed by atoms with Gasteiger partial charge in [-0.15, -0.1) is 0 Å². The number of imide groups is 1. The van der Waals surface area contributed by atoms with Gasteiger partial charge in [0.15, 0.2) is 6.61 Å². The molecule has 7 nitrogen and oxygen atoms in total. The molecule has 0 atom stereocenters. The Labute approximate surface area is 171 Å². The summed E-state index contributed by atoms with van der Waals surface area (Å²) in [6.45, 7) is -0.611. The third kappa shape index (κ3) is 6.94. The Morgan fingerprint density at radius 3 is 2.39 bits per heavy atom. The van der Waals surface area contributed by atoms with E-state index < -0.39 is 24.5 Å². The average molecular weight is 423 g/mol. The first-order valence-corrected chi connectivity index (χ1v) is 8.68. The van der Waals surface area contributed by atoms with E-state index >= 15 is 0 Å². The molecular weight excluding hydrogens is 407 g/mol. The second-order valence-corrected chi connectivity index (χ2v) is 6.16. The van der Waals surface area contributed by atoms with E-state index in [1.807, 2.05) is 5.32 Å². The van der Waals surface area contributed by atoms with Crippen molar-refractivity contribution in [2.45, 2.75) is 0 Å². The smallest absolute Gasteiger partial charge is 0.331 e. The molecule has 0 radical (unpaired) electrons. The molecule has 0 saturated heterocycles. The molecule has 0 aliphatic heterocycles. The molecule has 0 fully saturated rings. The monoisotopic (exact) mass is 422 g/mol. The van der Waals surface area contributed by atoms with Crippen molar-refractivity contribution in [3.63, 3.8) is 0 Å². The molecule has 3 amide bonds. The second-order valence-electron chi connectivity index (χ2n) is 5.35. The number of benzene rings is 2. The second kappa shape index (κ2) is 10.3. The molecule has 0 bridgehead atoms. The van der Waals surface area contributed by atoms with Crippen LogP contribution in [0.4, 0.5) is 10.5 Å². The Hall–Kier alpha value is -3.03. The maximum Gasteiger partial charge on any atom is 0.331 e. The van der Waals surface area contributed by atoms with Gasteiger partial charge >= 0.3 is 12.0 Å². The zero-order valence-electron chi connectivity index (χ0n) is 14.7. The number of rotatable bonds is 6. The van der Waals surface area contributed by atoms with E-state index in [9.17, 15) is 14.4 Å². The Kier molecular flexibility index (Phi) is 7.86. The zero-order chi connectivity index (χ0) is 20.5. The normalized spacial score (nSPS) is 10.4. The predicted octanol–water partition coefficient (Wildman–Crippen LogP) is 3.91. The lowest BCUT2D eigenvalue weighted by Gasteiger charge is -2.07. The molecule has 2 rings (SSSR count). The van der Waals surface area contributed by atoms with Crippen LogP contribution in [0.15, 0.2) is 48.5 Å². The van der Waals surface area contributed by atoms with E-state index in [1.165, 1.54) is 13.2 Å². The highest BCUT2D eigenvalue weighted by Crippen LogP contribution is 2.23. The van der Waals surface area contributed by atoms with Crippen LogP contribution in [-0.4, -0.2) is 31.6 Å². The van der Waals surface area contributed by atoms with E-state index in [0.717, 1.165) is 6.08 Å². The number of methoxy groups -OCH3 is 1. The van der Waals surface area contributed by atoms with E-state index in [-0.39, 0.29) is 0 Å². The summed E-state index contributed by atoms with van der Waals surface area (Å²) >= 11 is 11.7. The van der Waals surface area contributed by atoms with Gasteiger partial charge in [0, 0.05) is 11.8 Å². The lowest BCUT2D eigenvalue weighted by atomic mass is 10.2.